The Labute approximate surface area is 141 Å². The van der Waals surface area contributed by atoms with Crippen LogP contribution in [0.1, 0.15) is 51.3 Å². The lowest BCUT2D eigenvalue weighted by Gasteiger charge is -2.30. The molecule has 0 atom stereocenters. The van der Waals surface area contributed by atoms with Crippen LogP contribution in [0.3, 0.4) is 0 Å². The molecule has 1 aromatic heterocycles. The Kier molecular flexibility index (Phi) is 6.12. The average molecular weight is 345 g/mol. The summed E-state index contributed by atoms with van der Waals surface area (Å²) in [5, 5.41) is 9.31. The highest BCUT2D eigenvalue weighted by molar-refractivity contribution is 7.10. The van der Waals surface area contributed by atoms with Crippen LogP contribution in [-0.2, 0) is 11.3 Å². The highest BCUT2D eigenvalue weighted by Gasteiger charge is 2.24. The van der Waals surface area contributed by atoms with E-state index < -0.39 is 5.60 Å². The van der Waals surface area contributed by atoms with E-state index in [2.05, 4.69) is 10.6 Å². The molecule has 1 aliphatic carbocycles. The predicted octanol–water partition coefficient (Wildman–Crippen LogP) is 4.33. The first-order valence-electron chi connectivity index (χ1n) is 7.77. The molecule has 1 amide bonds. The summed E-state index contributed by atoms with van der Waals surface area (Å²) in [5.74, 6) is 0. The van der Waals surface area contributed by atoms with Crippen LogP contribution in [0, 0.1) is 0 Å². The Hall–Kier alpha value is -0.780. The van der Waals surface area contributed by atoms with Crippen molar-refractivity contribution in [1.29, 1.82) is 0 Å². The monoisotopic (exact) mass is 344 g/mol. The van der Waals surface area contributed by atoms with Gasteiger partial charge in [-0.1, -0.05) is 11.6 Å². The molecule has 22 heavy (non-hydrogen) atoms. The number of hydrogen-bond donors (Lipinski definition) is 2. The van der Waals surface area contributed by atoms with Crippen molar-refractivity contribution < 1.29 is 9.53 Å². The van der Waals surface area contributed by atoms with Crippen LogP contribution in [-0.4, -0.2) is 23.8 Å². The zero-order valence-electron chi connectivity index (χ0n) is 13.4. The van der Waals surface area contributed by atoms with Gasteiger partial charge >= 0.3 is 6.09 Å². The number of carbonyl (C=O) groups is 1. The van der Waals surface area contributed by atoms with E-state index in [1.807, 2.05) is 32.2 Å². The lowest BCUT2D eigenvalue weighted by Crippen LogP contribution is -2.43. The highest BCUT2D eigenvalue weighted by atomic mass is 35.5. The lowest BCUT2D eigenvalue weighted by atomic mass is 9.91. The number of halogens is 1. The summed E-state index contributed by atoms with van der Waals surface area (Å²) in [4.78, 5) is 13.0. The lowest BCUT2D eigenvalue weighted by molar-refractivity contribution is 0.0490. The maximum Gasteiger partial charge on any atom is 0.407 e. The predicted molar refractivity (Wildman–Crippen MR) is 91.6 cm³/mol. The second kappa shape index (κ2) is 7.66. The standard InChI is InChI=1S/C16H25ClN2O2S/c1-16(2,3)21-15(20)19-13-6-4-12(5-7-13)18-9-14-8-11(17)10-22-14/h8,10,12-13,18H,4-7,9H2,1-3H3,(H,19,20). The Balaban J connectivity index is 1.66. The second-order valence-electron chi connectivity index (χ2n) is 6.81. The van der Waals surface area contributed by atoms with Gasteiger partial charge in [-0.15, -0.1) is 11.3 Å². The van der Waals surface area contributed by atoms with Crippen LogP contribution in [0.5, 0.6) is 0 Å². The van der Waals surface area contributed by atoms with Crippen molar-refractivity contribution in [2.75, 3.05) is 0 Å². The molecule has 1 fully saturated rings. The minimum absolute atomic E-state index is 0.226. The number of amides is 1. The number of nitrogens with one attached hydrogen (secondary N) is 2. The molecule has 0 aliphatic heterocycles. The van der Waals surface area contributed by atoms with E-state index in [4.69, 9.17) is 16.3 Å². The summed E-state index contributed by atoms with van der Waals surface area (Å²) in [6, 6.07) is 2.75. The normalized spacial score (nSPS) is 22.4. The fourth-order valence-corrected chi connectivity index (χ4v) is 3.63. The second-order valence-corrected chi connectivity index (χ2v) is 8.24. The molecule has 6 heteroatoms. The molecule has 4 nitrogen and oxygen atoms in total. The van der Waals surface area contributed by atoms with E-state index in [-0.39, 0.29) is 12.1 Å². The quantitative estimate of drug-likeness (QED) is 0.854. The van der Waals surface area contributed by atoms with Gasteiger partial charge in [0.05, 0.1) is 5.02 Å². The van der Waals surface area contributed by atoms with Crippen LogP contribution >= 0.6 is 22.9 Å². The van der Waals surface area contributed by atoms with Gasteiger partial charge < -0.3 is 15.4 Å². The molecule has 0 aromatic carbocycles. The van der Waals surface area contributed by atoms with Crippen LogP contribution < -0.4 is 10.6 Å². The van der Waals surface area contributed by atoms with Crippen LogP contribution in [0.15, 0.2) is 11.4 Å². The Morgan fingerprint density at radius 2 is 1.95 bits per heavy atom. The summed E-state index contributed by atoms with van der Waals surface area (Å²) in [7, 11) is 0. The molecule has 2 N–H and O–H groups in total. The first-order valence-corrected chi connectivity index (χ1v) is 9.03. The molecule has 1 saturated carbocycles. The number of alkyl carbamates (subject to hydrolysis) is 1. The minimum Gasteiger partial charge on any atom is -0.444 e. The molecule has 2 rings (SSSR count). The highest BCUT2D eigenvalue weighted by Crippen LogP contribution is 2.22. The van der Waals surface area contributed by atoms with Crippen molar-refractivity contribution in [2.24, 2.45) is 0 Å². The van der Waals surface area contributed by atoms with Crippen molar-refractivity contribution in [3.05, 3.63) is 21.3 Å². The van der Waals surface area contributed by atoms with Crippen molar-refractivity contribution in [3.8, 4) is 0 Å². The summed E-state index contributed by atoms with van der Waals surface area (Å²) >= 11 is 7.61. The van der Waals surface area contributed by atoms with Gasteiger partial charge in [0.15, 0.2) is 0 Å². The first kappa shape index (κ1) is 17.6. The number of rotatable bonds is 4. The number of thiophene rings is 1. The fraction of sp³-hybridized carbons (Fsp3) is 0.688. The zero-order chi connectivity index (χ0) is 16.2. The van der Waals surface area contributed by atoms with E-state index in [0.29, 0.717) is 6.04 Å². The van der Waals surface area contributed by atoms with Gasteiger partial charge in [-0.2, -0.15) is 0 Å². The molecule has 1 aliphatic rings. The van der Waals surface area contributed by atoms with Crippen molar-refractivity contribution in [2.45, 2.75) is 70.7 Å². The first-order chi connectivity index (χ1) is 10.3. The van der Waals surface area contributed by atoms with Gasteiger partial charge in [0.25, 0.3) is 0 Å². The molecule has 0 saturated heterocycles. The molecule has 0 spiro atoms. The van der Waals surface area contributed by atoms with E-state index in [1.54, 1.807) is 11.3 Å². The Bertz CT molecular complexity index is 491. The van der Waals surface area contributed by atoms with Gasteiger partial charge in [-0.25, -0.2) is 4.79 Å². The minimum atomic E-state index is -0.440. The maximum absolute atomic E-state index is 11.8. The topological polar surface area (TPSA) is 50.4 Å². The Morgan fingerprint density at radius 1 is 1.32 bits per heavy atom. The van der Waals surface area contributed by atoms with Gasteiger partial charge in [0.1, 0.15) is 5.60 Å². The molecular weight excluding hydrogens is 320 g/mol. The largest absolute Gasteiger partial charge is 0.444 e. The van der Waals surface area contributed by atoms with Crippen LogP contribution in [0.25, 0.3) is 0 Å². The van der Waals surface area contributed by atoms with E-state index in [0.717, 1.165) is 37.3 Å². The van der Waals surface area contributed by atoms with Gasteiger partial charge in [-0.05, 0) is 52.5 Å². The van der Waals surface area contributed by atoms with E-state index in [1.165, 1.54) is 4.88 Å². The van der Waals surface area contributed by atoms with Crippen molar-refractivity contribution in [1.82, 2.24) is 10.6 Å². The average Bonchev–Trinajstić information content (AvgIpc) is 2.81. The summed E-state index contributed by atoms with van der Waals surface area (Å²) in [6.07, 6.45) is 3.81. The summed E-state index contributed by atoms with van der Waals surface area (Å²) in [5.41, 5.74) is -0.440. The molecule has 124 valence electrons. The maximum atomic E-state index is 11.8. The molecule has 0 unspecified atom stereocenters. The molecule has 1 heterocycles. The SMILES string of the molecule is CC(C)(C)OC(=O)NC1CCC(NCc2cc(Cl)cs2)CC1. The third kappa shape index (κ3) is 6.15. The summed E-state index contributed by atoms with van der Waals surface area (Å²) < 4.78 is 5.30. The van der Waals surface area contributed by atoms with Gasteiger partial charge in [0.2, 0.25) is 0 Å². The summed E-state index contributed by atoms with van der Waals surface area (Å²) in [6.45, 7) is 6.50. The van der Waals surface area contributed by atoms with Crippen LogP contribution in [0.4, 0.5) is 4.79 Å². The molecular formula is C16H25ClN2O2S. The van der Waals surface area contributed by atoms with Crippen molar-refractivity contribution >= 4 is 29.0 Å². The van der Waals surface area contributed by atoms with E-state index in [9.17, 15) is 4.79 Å². The Morgan fingerprint density at radius 3 is 2.50 bits per heavy atom. The fourth-order valence-electron chi connectivity index (χ4n) is 2.61. The third-order valence-corrected chi connectivity index (χ3v) is 4.92. The smallest absolute Gasteiger partial charge is 0.407 e. The van der Waals surface area contributed by atoms with Crippen molar-refractivity contribution in [3.63, 3.8) is 0 Å². The number of ether oxygens (including phenoxy) is 1. The van der Waals surface area contributed by atoms with Gasteiger partial charge in [0, 0.05) is 28.9 Å². The van der Waals surface area contributed by atoms with E-state index >= 15 is 0 Å². The molecule has 0 bridgehead atoms. The van der Waals surface area contributed by atoms with Gasteiger partial charge in [-0.3, -0.25) is 0 Å². The zero-order valence-corrected chi connectivity index (χ0v) is 15.0. The van der Waals surface area contributed by atoms with Crippen LogP contribution in [0.2, 0.25) is 5.02 Å². The number of carbonyl (C=O) groups excluding carboxylic acids is 1. The molecule has 1 aromatic rings. The number of hydrogen-bond acceptors (Lipinski definition) is 4. The molecule has 0 radical (unpaired) electrons. The third-order valence-electron chi connectivity index (χ3n) is 3.63.